The van der Waals surface area contributed by atoms with Crippen molar-refractivity contribution in [1.29, 1.82) is 0 Å². The first-order valence-electron chi connectivity index (χ1n) is 9.35. The zero-order valence-corrected chi connectivity index (χ0v) is 15.7. The van der Waals surface area contributed by atoms with E-state index in [1.54, 1.807) is 18.3 Å². The first-order chi connectivity index (χ1) is 12.2. The molecule has 0 bridgehead atoms. The predicted octanol–water partition coefficient (Wildman–Crippen LogP) is 4.87. The summed E-state index contributed by atoms with van der Waals surface area (Å²) in [5.74, 6) is -1.24. The van der Waals surface area contributed by atoms with Crippen molar-refractivity contribution in [1.82, 2.24) is 10.3 Å². The van der Waals surface area contributed by atoms with Crippen LogP contribution in [0.2, 0.25) is 0 Å². The van der Waals surface area contributed by atoms with Gasteiger partial charge in [-0.2, -0.15) is 0 Å². The lowest BCUT2D eigenvalue weighted by Gasteiger charge is -2.18. The summed E-state index contributed by atoms with van der Waals surface area (Å²) in [6.07, 6.45) is 12.9. The molecule has 0 aliphatic heterocycles. The Labute approximate surface area is 155 Å². The Bertz CT molecular complexity index is 640. The van der Waals surface area contributed by atoms with Crippen molar-refractivity contribution in [2.45, 2.75) is 64.7 Å². The fraction of sp³-hybridized carbons (Fsp3) is 0.550. The highest BCUT2D eigenvalue weighted by Gasteiger charge is 2.32. The van der Waals surface area contributed by atoms with Gasteiger partial charge in [-0.1, -0.05) is 69.9 Å². The third kappa shape index (κ3) is 5.40. The average molecular weight is 363 g/mol. The molecule has 2 rings (SSSR count). The SMILES string of the molecule is CCCCCCCCCCCNC1=C(Cl)C(=O)C(=O)c2cccnc21. The first kappa shape index (κ1) is 19.6. The van der Waals surface area contributed by atoms with Gasteiger partial charge in [-0.15, -0.1) is 0 Å². The number of nitrogens with zero attached hydrogens (tertiary/aromatic N) is 1. The van der Waals surface area contributed by atoms with Crippen molar-refractivity contribution in [3.8, 4) is 0 Å². The highest BCUT2D eigenvalue weighted by atomic mass is 35.5. The van der Waals surface area contributed by atoms with E-state index in [-0.39, 0.29) is 5.03 Å². The Balaban J connectivity index is 1.75. The number of unbranched alkanes of at least 4 members (excludes halogenated alkanes) is 8. The molecule has 0 saturated carbocycles. The molecule has 1 aliphatic rings. The highest BCUT2D eigenvalue weighted by Crippen LogP contribution is 2.28. The zero-order chi connectivity index (χ0) is 18.1. The molecule has 25 heavy (non-hydrogen) atoms. The van der Waals surface area contributed by atoms with Crippen molar-refractivity contribution >= 4 is 28.9 Å². The van der Waals surface area contributed by atoms with Gasteiger partial charge in [0, 0.05) is 12.7 Å². The van der Waals surface area contributed by atoms with Gasteiger partial charge in [-0.3, -0.25) is 14.6 Å². The van der Waals surface area contributed by atoms with E-state index in [1.165, 1.54) is 44.9 Å². The second-order valence-electron chi connectivity index (χ2n) is 6.50. The number of halogens is 1. The molecule has 5 heteroatoms. The highest BCUT2D eigenvalue weighted by molar-refractivity contribution is 6.64. The van der Waals surface area contributed by atoms with Crippen LogP contribution in [-0.4, -0.2) is 23.1 Å². The van der Waals surface area contributed by atoms with E-state index in [9.17, 15) is 9.59 Å². The van der Waals surface area contributed by atoms with Gasteiger partial charge in [0.2, 0.25) is 11.6 Å². The predicted molar refractivity (Wildman–Crippen MR) is 102 cm³/mol. The van der Waals surface area contributed by atoms with Crippen molar-refractivity contribution in [2.75, 3.05) is 6.54 Å². The van der Waals surface area contributed by atoms with Crippen LogP contribution in [0.25, 0.3) is 5.70 Å². The minimum atomic E-state index is -0.656. The van der Waals surface area contributed by atoms with Crippen LogP contribution in [0.15, 0.2) is 23.4 Å². The fourth-order valence-corrected chi connectivity index (χ4v) is 3.28. The van der Waals surface area contributed by atoms with E-state index in [4.69, 9.17) is 11.6 Å². The molecule has 0 aromatic carbocycles. The largest absolute Gasteiger partial charge is 0.382 e. The maximum Gasteiger partial charge on any atom is 0.247 e. The molecule has 0 spiro atoms. The summed E-state index contributed by atoms with van der Waals surface area (Å²) in [6.45, 7) is 2.96. The Morgan fingerprint density at radius 3 is 2.28 bits per heavy atom. The molecule has 0 unspecified atom stereocenters. The summed E-state index contributed by atoms with van der Waals surface area (Å²) in [4.78, 5) is 28.2. The Kier molecular flexibility index (Phi) is 8.13. The summed E-state index contributed by atoms with van der Waals surface area (Å²) in [5.41, 5.74) is 1.29. The monoisotopic (exact) mass is 362 g/mol. The standard InChI is InChI=1S/C20H27ClN2O2/c1-2-3-4-5-6-7-8-9-10-13-23-18-16(21)20(25)19(24)15-12-11-14-22-17(15)18/h11-12,14,23H,2-10,13H2,1H3. The van der Waals surface area contributed by atoms with Crippen molar-refractivity contribution in [2.24, 2.45) is 0 Å². The van der Waals surface area contributed by atoms with Gasteiger partial charge in [0.05, 0.1) is 17.0 Å². The number of carbonyl (C=O) groups excluding carboxylic acids is 2. The van der Waals surface area contributed by atoms with E-state index >= 15 is 0 Å². The van der Waals surface area contributed by atoms with E-state index in [0.29, 0.717) is 17.0 Å². The fourth-order valence-electron chi connectivity index (χ4n) is 3.04. The number of nitrogens with one attached hydrogen (secondary N) is 1. The van der Waals surface area contributed by atoms with Gasteiger partial charge in [-0.05, 0) is 18.6 Å². The molecule has 0 saturated heterocycles. The number of pyridine rings is 1. The van der Waals surface area contributed by atoms with E-state index in [2.05, 4.69) is 17.2 Å². The second-order valence-corrected chi connectivity index (χ2v) is 6.88. The molecule has 0 radical (unpaired) electrons. The van der Waals surface area contributed by atoms with Crippen LogP contribution in [0.1, 0.15) is 80.8 Å². The lowest BCUT2D eigenvalue weighted by Crippen LogP contribution is -2.28. The summed E-state index contributed by atoms with van der Waals surface area (Å²) in [7, 11) is 0. The van der Waals surface area contributed by atoms with Gasteiger partial charge in [-0.25, -0.2) is 0 Å². The summed E-state index contributed by atoms with van der Waals surface area (Å²) in [6, 6.07) is 3.27. The molecule has 1 aromatic heterocycles. The van der Waals surface area contributed by atoms with Gasteiger partial charge < -0.3 is 5.32 Å². The van der Waals surface area contributed by atoms with Crippen molar-refractivity contribution in [3.63, 3.8) is 0 Å². The summed E-state index contributed by atoms with van der Waals surface area (Å²) in [5, 5.41) is 3.16. The van der Waals surface area contributed by atoms with Crippen LogP contribution in [-0.2, 0) is 4.79 Å². The number of hydrogen-bond acceptors (Lipinski definition) is 4. The average Bonchev–Trinajstić information content (AvgIpc) is 2.64. The Morgan fingerprint density at radius 2 is 1.60 bits per heavy atom. The van der Waals surface area contributed by atoms with Crippen LogP contribution in [0, 0.1) is 0 Å². The minimum absolute atomic E-state index is 0.0490. The number of ketones is 2. The van der Waals surface area contributed by atoms with E-state index < -0.39 is 11.6 Å². The lowest BCUT2D eigenvalue weighted by atomic mass is 9.97. The van der Waals surface area contributed by atoms with Gasteiger partial charge >= 0.3 is 0 Å². The minimum Gasteiger partial charge on any atom is -0.382 e. The van der Waals surface area contributed by atoms with E-state index in [0.717, 1.165) is 19.4 Å². The normalized spacial score (nSPS) is 14.0. The third-order valence-corrected chi connectivity index (χ3v) is 4.86. The molecule has 0 amide bonds. The smallest absolute Gasteiger partial charge is 0.247 e. The maximum absolute atomic E-state index is 12.0. The van der Waals surface area contributed by atoms with Gasteiger partial charge in [0.25, 0.3) is 0 Å². The molecule has 1 heterocycles. The number of rotatable bonds is 11. The maximum atomic E-state index is 12.0. The molecule has 136 valence electrons. The van der Waals surface area contributed by atoms with Crippen LogP contribution in [0.5, 0.6) is 0 Å². The molecule has 1 aliphatic carbocycles. The van der Waals surface area contributed by atoms with E-state index in [1.807, 2.05) is 0 Å². The van der Waals surface area contributed by atoms with Crippen LogP contribution >= 0.6 is 11.6 Å². The number of hydrogen-bond donors (Lipinski definition) is 1. The number of carbonyl (C=O) groups is 2. The number of allylic oxidation sites excluding steroid dienone is 1. The lowest BCUT2D eigenvalue weighted by molar-refractivity contribution is -0.111. The second kappa shape index (κ2) is 10.3. The summed E-state index contributed by atoms with van der Waals surface area (Å²) < 4.78 is 0. The van der Waals surface area contributed by atoms with Crippen LogP contribution < -0.4 is 5.32 Å². The molecular weight excluding hydrogens is 336 g/mol. The third-order valence-electron chi connectivity index (χ3n) is 4.50. The number of aromatic nitrogens is 1. The van der Waals surface area contributed by atoms with Gasteiger partial charge in [0.15, 0.2) is 0 Å². The summed E-state index contributed by atoms with van der Waals surface area (Å²) >= 11 is 6.09. The first-order valence-corrected chi connectivity index (χ1v) is 9.72. The molecule has 4 nitrogen and oxygen atoms in total. The quantitative estimate of drug-likeness (QED) is 0.450. The molecular formula is C20H27ClN2O2. The molecule has 1 N–H and O–H groups in total. The zero-order valence-electron chi connectivity index (χ0n) is 14.9. The van der Waals surface area contributed by atoms with Crippen molar-refractivity contribution in [3.05, 3.63) is 34.6 Å². The van der Waals surface area contributed by atoms with Crippen LogP contribution in [0.4, 0.5) is 0 Å². The molecule has 0 fully saturated rings. The number of Topliss-reactive ketones (excluding diaryl/α,β-unsaturated/α-hetero) is 2. The van der Waals surface area contributed by atoms with Crippen molar-refractivity contribution < 1.29 is 9.59 Å². The topological polar surface area (TPSA) is 59.1 Å². The molecule has 1 aromatic rings. The molecule has 0 atom stereocenters. The Morgan fingerprint density at radius 1 is 0.960 bits per heavy atom. The van der Waals surface area contributed by atoms with Gasteiger partial charge in [0.1, 0.15) is 5.03 Å². The Hall–Kier alpha value is -1.68. The number of fused-ring (bicyclic) bond motifs is 1. The van der Waals surface area contributed by atoms with Crippen LogP contribution in [0.3, 0.4) is 0 Å².